The van der Waals surface area contributed by atoms with Crippen molar-refractivity contribution in [3.63, 3.8) is 0 Å². The van der Waals surface area contributed by atoms with Crippen molar-refractivity contribution in [2.24, 2.45) is 7.05 Å². The van der Waals surface area contributed by atoms with Crippen LogP contribution in [-0.2, 0) is 23.1 Å². The van der Waals surface area contributed by atoms with Crippen molar-refractivity contribution in [3.05, 3.63) is 52.6 Å². The van der Waals surface area contributed by atoms with Crippen molar-refractivity contribution in [2.75, 3.05) is 13.2 Å². The quantitative estimate of drug-likeness (QED) is 0.749. The Labute approximate surface area is 155 Å². The van der Waals surface area contributed by atoms with Gasteiger partial charge in [0.25, 0.3) is 5.91 Å². The van der Waals surface area contributed by atoms with E-state index in [1.54, 1.807) is 16.8 Å². The summed E-state index contributed by atoms with van der Waals surface area (Å²) < 4.78 is 13.5. The molecule has 136 valence electrons. The number of aromatic nitrogens is 2. The molecule has 1 N–H and O–H groups in total. The van der Waals surface area contributed by atoms with E-state index in [-0.39, 0.29) is 18.1 Å². The summed E-state index contributed by atoms with van der Waals surface area (Å²) in [5, 5.41) is 6.07. The highest BCUT2D eigenvalue weighted by molar-refractivity contribution is 7.07. The van der Waals surface area contributed by atoms with E-state index in [0.29, 0.717) is 25.4 Å². The van der Waals surface area contributed by atoms with E-state index in [0.717, 1.165) is 23.0 Å². The minimum absolute atomic E-state index is 0.0732. The number of rotatable bonds is 5. The van der Waals surface area contributed by atoms with Crippen molar-refractivity contribution < 1.29 is 14.3 Å². The smallest absolute Gasteiger partial charge is 0.252 e. The average Bonchev–Trinajstić information content (AvgIpc) is 3.31. The Morgan fingerprint density at radius 3 is 3.23 bits per heavy atom. The molecular formula is C19H21N3O3S. The summed E-state index contributed by atoms with van der Waals surface area (Å²) in [6.07, 6.45) is 2.53. The number of ether oxygens (including phenoxy) is 2. The van der Waals surface area contributed by atoms with E-state index in [2.05, 4.69) is 10.3 Å². The molecule has 0 spiro atoms. The van der Waals surface area contributed by atoms with Gasteiger partial charge in [-0.15, -0.1) is 11.3 Å². The second-order valence-corrected chi connectivity index (χ2v) is 7.16. The number of carbonyl (C=O) groups is 1. The average molecular weight is 371 g/mol. The van der Waals surface area contributed by atoms with E-state index in [4.69, 9.17) is 9.47 Å². The first-order chi connectivity index (χ1) is 12.7. The fraction of sp³-hybridized carbons (Fsp3) is 0.368. The third-order valence-corrected chi connectivity index (χ3v) is 5.36. The SMILES string of the molecule is Cn1ccc2c(C(=O)N[C@@H]3CCOC[C@H]3OCc3cscn3)cccc21. The molecule has 1 aliphatic rings. The topological polar surface area (TPSA) is 65.4 Å². The zero-order valence-electron chi connectivity index (χ0n) is 14.6. The van der Waals surface area contributed by atoms with Gasteiger partial charge in [0.05, 0.1) is 30.5 Å². The van der Waals surface area contributed by atoms with Crippen molar-refractivity contribution >= 4 is 28.1 Å². The predicted octanol–water partition coefficient (Wildman–Crippen LogP) is 2.74. The van der Waals surface area contributed by atoms with Gasteiger partial charge in [-0.1, -0.05) is 6.07 Å². The number of benzene rings is 1. The summed E-state index contributed by atoms with van der Waals surface area (Å²) in [4.78, 5) is 17.1. The minimum atomic E-state index is -0.177. The van der Waals surface area contributed by atoms with Crippen LogP contribution in [0.2, 0.25) is 0 Å². The number of amides is 1. The molecule has 1 fully saturated rings. The maximum Gasteiger partial charge on any atom is 0.252 e. The first-order valence-electron chi connectivity index (χ1n) is 8.63. The molecule has 26 heavy (non-hydrogen) atoms. The molecular weight excluding hydrogens is 350 g/mol. The fourth-order valence-corrected chi connectivity index (χ4v) is 3.83. The number of hydrogen-bond donors (Lipinski definition) is 1. The second-order valence-electron chi connectivity index (χ2n) is 6.44. The van der Waals surface area contributed by atoms with Crippen LogP contribution in [0.15, 0.2) is 41.4 Å². The molecule has 4 rings (SSSR count). The van der Waals surface area contributed by atoms with Gasteiger partial charge < -0.3 is 19.4 Å². The van der Waals surface area contributed by atoms with Gasteiger partial charge in [0.1, 0.15) is 6.10 Å². The van der Waals surface area contributed by atoms with Gasteiger partial charge in [-0.25, -0.2) is 4.98 Å². The molecule has 7 heteroatoms. The molecule has 1 amide bonds. The lowest BCUT2D eigenvalue weighted by Crippen LogP contribution is -2.50. The summed E-state index contributed by atoms with van der Waals surface area (Å²) in [5.41, 5.74) is 4.42. The third kappa shape index (κ3) is 3.51. The van der Waals surface area contributed by atoms with Crippen molar-refractivity contribution in [1.29, 1.82) is 0 Å². The third-order valence-electron chi connectivity index (χ3n) is 4.72. The summed E-state index contributed by atoms with van der Waals surface area (Å²) in [6, 6.07) is 7.69. The highest BCUT2D eigenvalue weighted by Crippen LogP contribution is 2.21. The molecule has 0 saturated carbocycles. The molecule has 1 aliphatic heterocycles. The van der Waals surface area contributed by atoms with Gasteiger partial charge in [0, 0.05) is 41.7 Å². The fourth-order valence-electron chi connectivity index (χ4n) is 3.29. The highest BCUT2D eigenvalue weighted by atomic mass is 32.1. The highest BCUT2D eigenvalue weighted by Gasteiger charge is 2.29. The molecule has 1 aromatic carbocycles. The Morgan fingerprint density at radius 2 is 2.38 bits per heavy atom. The zero-order chi connectivity index (χ0) is 17.9. The number of aryl methyl sites for hydroxylation is 1. The van der Waals surface area contributed by atoms with E-state index < -0.39 is 0 Å². The largest absolute Gasteiger partial charge is 0.379 e. The van der Waals surface area contributed by atoms with Crippen LogP contribution in [0.4, 0.5) is 0 Å². The molecule has 3 heterocycles. The van der Waals surface area contributed by atoms with E-state index >= 15 is 0 Å². The number of thiazole rings is 1. The van der Waals surface area contributed by atoms with E-state index in [1.807, 2.05) is 47.5 Å². The lowest BCUT2D eigenvalue weighted by Gasteiger charge is -2.32. The summed E-state index contributed by atoms with van der Waals surface area (Å²) in [6.45, 7) is 1.53. The van der Waals surface area contributed by atoms with Gasteiger partial charge in [0.15, 0.2) is 0 Å². The van der Waals surface area contributed by atoms with Crippen molar-refractivity contribution in [1.82, 2.24) is 14.9 Å². The number of fused-ring (bicyclic) bond motifs is 1. The zero-order valence-corrected chi connectivity index (χ0v) is 15.4. The van der Waals surface area contributed by atoms with Crippen LogP contribution in [0.3, 0.4) is 0 Å². The van der Waals surface area contributed by atoms with E-state index in [1.165, 1.54) is 0 Å². The Kier molecular flexibility index (Phi) is 5.01. The molecule has 6 nitrogen and oxygen atoms in total. The van der Waals surface area contributed by atoms with Crippen LogP contribution < -0.4 is 5.32 Å². The summed E-state index contributed by atoms with van der Waals surface area (Å²) in [7, 11) is 1.98. The van der Waals surface area contributed by atoms with Gasteiger partial charge in [-0.3, -0.25) is 4.79 Å². The summed E-state index contributed by atoms with van der Waals surface area (Å²) >= 11 is 1.54. The molecule has 2 aromatic heterocycles. The summed E-state index contributed by atoms with van der Waals surface area (Å²) in [5.74, 6) is -0.0732. The molecule has 0 radical (unpaired) electrons. The van der Waals surface area contributed by atoms with Crippen molar-refractivity contribution in [2.45, 2.75) is 25.2 Å². The Morgan fingerprint density at radius 1 is 1.46 bits per heavy atom. The normalized spacial score (nSPS) is 20.3. The Balaban J connectivity index is 1.47. The number of nitrogens with zero attached hydrogens (tertiary/aromatic N) is 2. The monoisotopic (exact) mass is 371 g/mol. The first-order valence-corrected chi connectivity index (χ1v) is 9.58. The maximum absolute atomic E-state index is 12.9. The van der Waals surface area contributed by atoms with Crippen LogP contribution >= 0.6 is 11.3 Å². The van der Waals surface area contributed by atoms with E-state index in [9.17, 15) is 4.79 Å². The number of nitrogens with one attached hydrogen (secondary N) is 1. The van der Waals surface area contributed by atoms with Crippen LogP contribution in [0.25, 0.3) is 10.9 Å². The predicted molar refractivity (Wildman–Crippen MR) is 100 cm³/mol. The lowest BCUT2D eigenvalue weighted by molar-refractivity contribution is -0.0742. The van der Waals surface area contributed by atoms with Crippen LogP contribution in [0.1, 0.15) is 22.5 Å². The van der Waals surface area contributed by atoms with Gasteiger partial charge >= 0.3 is 0 Å². The van der Waals surface area contributed by atoms with Crippen molar-refractivity contribution in [3.8, 4) is 0 Å². The maximum atomic E-state index is 12.9. The second kappa shape index (κ2) is 7.57. The van der Waals surface area contributed by atoms with Crippen LogP contribution in [-0.4, -0.2) is 40.8 Å². The Bertz CT molecular complexity index is 891. The van der Waals surface area contributed by atoms with Gasteiger partial charge in [0.2, 0.25) is 0 Å². The molecule has 2 atom stereocenters. The number of hydrogen-bond acceptors (Lipinski definition) is 5. The Hall–Kier alpha value is -2.22. The van der Waals surface area contributed by atoms with Crippen LogP contribution in [0.5, 0.6) is 0 Å². The first kappa shape index (κ1) is 17.2. The van der Waals surface area contributed by atoms with Gasteiger partial charge in [-0.2, -0.15) is 0 Å². The lowest BCUT2D eigenvalue weighted by atomic mass is 10.0. The molecule has 1 saturated heterocycles. The molecule has 3 aromatic rings. The molecule has 0 aliphatic carbocycles. The number of carbonyl (C=O) groups excluding carboxylic acids is 1. The van der Waals surface area contributed by atoms with Gasteiger partial charge in [-0.05, 0) is 24.6 Å². The molecule has 0 bridgehead atoms. The van der Waals surface area contributed by atoms with Crippen LogP contribution in [0, 0.1) is 0 Å². The standard InChI is InChI=1S/C19H21N3O3S/c1-22-7-5-14-15(3-2-4-17(14)22)19(23)21-16-6-8-24-10-18(16)25-9-13-11-26-12-20-13/h2-5,7,11-12,16,18H,6,8-10H2,1H3,(H,21,23)/t16-,18-/m1/s1. The molecule has 0 unspecified atom stereocenters. The minimum Gasteiger partial charge on any atom is -0.379 e.